The minimum atomic E-state index is -0.605. The van der Waals surface area contributed by atoms with E-state index in [4.69, 9.17) is 9.15 Å². The Labute approximate surface area is 165 Å². The molecule has 1 amide bonds. The van der Waals surface area contributed by atoms with Crippen LogP contribution in [0.5, 0.6) is 5.75 Å². The zero-order valence-corrected chi connectivity index (χ0v) is 16.5. The lowest BCUT2D eigenvalue weighted by atomic mass is 10.0. The molecule has 28 heavy (non-hydrogen) atoms. The Morgan fingerprint density at radius 3 is 2.89 bits per heavy atom. The maximum absolute atomic E-state index is 12.7. The Morgan fingerprint density at radius 2 is 2.14 bits per heavy atom. The maximum Gasteiger partial charge on any atom is 0.336 e. The summed E-state index contributed by atoms with van der Waals surface area (Å²) in [5, 5.41) is 10.6. The predicted molar refractivity (Wildman–Crippen MR) is 104 cm³/mol. The fourth-order valence-electron chi connectivity index (χ4n) is 3.95. The standard InChI is InChI=1S/C20H21NO6S/c1-3-11-6-13-12(7-18(24)27-16(13)8-15(11)22)9-26-19(25)14-10-28-20(2)5-4-17(23)21(14)20/h6-8,14,22H,3-5,9-10H2,1-2H3/t14-,20+/m1/s1. The van der Waals surface area contributed by atoms with Gasteiger partial charge in [0.25, 0.3) is 0 Å². The molecule has 8 heteroatoms. The molecule has 0 aliphatic carbocycles. The van der Waals surface area contributed by atoms with Crippen LogP contribution in [0, 0.1) is 0 Å². The van der Waals surface area contributed by atoms with Gasteiger partial charge in [0, 0.05) is 35.3 Å². The summed E-state index contributed by atoms with van der Waals surface area (Å²) in [5.41, 5.74) is 0.878. The summed E-state index contributed by atoms with van der Waals surface area (Å²) in [6, 6.07) is 3.83. The second kappa shape index (κ2) is 6.84. The minimum Gasteiger partial charge on any atom is -0.508 e. The van der Waals surface area contributed by atoms with E-state index >= 15 is 0 Å². The first-order valence-corrected chi connectivity index (χ1v) is 10.2. The van der Waals surface area contributed by atoms with E-state index in [0.29, 0.717) is 35.1 Å². The van der Waals surface area contributed by atoms with Gasteiger partial charge >= 0.3 is 11.6 Å². The van der Waals surface area contributed by atoms with Gasteiger partial charge in [0.05, 0.1) is 4.87 Å². The van der Waals surface area contributed by atoms with Crippen LogP contribution in [0.4, 0.5) is 0 Å². The van der Waals surface area contributed by atoms with Gasteiger partial charge < -0.3 is 19.2 Å². The first-order valence-electron chi connectivity index (χ1n) is 9.24. The summed E-state index contributed by atoms with van der Waals surface area (Å²) in [6.45, 7) is 3.78. The number of aromatic hydroxyl groups is 1. The van der Waals surface area contributed by atoms with Gasteiger partial charge in [-0.2, -0.15) is 0 Å². The molecule has 1 aromatic carbocycles. The molecule has 0 unspecified atom stereocenters. The van der Waals surface area contributed by atoms with E-state index in [1.165, 1.54) is 12.1 Å². The number of aryl methyl sites for hydroxylation is 1. The number of thioether (sulfide) groups is 1. The number of hydrogen-bond donors (Lipinski definition) is 1. The topological polar surface area (TPSA) is 97.1 Å². The molecular formula is C20H21NO6S. The Balaban J connectivity index is 1.58. The molecular weight excluding hydrogens is 382 g/mol. The smallest absolute Gasteiger partial charge is 0.336 e. The number of phenolic OH excluding ortho intramolecular Hbond substituents is 1. The molecule has 2 atom stereocenters. The second-order valence-corrected chi connectivity index (χ2v) is 8.80. The van der Waals surface area contributed by atoms with E-state index in [0.717, 1.165) is 6.42 Å². The molecule has 2 saturated heterocycles. The highest BCUT2D eigenvalue weighted by molar-refractivity contribution is 8.01. The van der Waals surface area contributed by atoms with Crippen molar-refractivity contribution in [2.45, 2.75) is 50.6 Å². The van der Waals surface area contributed by atoms with Gasteiger partial charge in [-0.1, -0.05) is 6.92 Å². The monoisotopic (exact) mass is 403 g/mol. The third-order valence-corrected chi connectivity index (χ3v) is 7.00. The Bertz CT molecular complexity index is 1030. The average Bonchev–Trinajstić information content (AvgIpc) is 3.14. The van der Waals surface area contributed by atoms with Crippen LogP contribution in [0.1, 0.15) is 37.8 Å². The molecule has 4 rings (SSSR count). The van der Waals surface area contributed by atoms with Gasteiger partial charge in [0.1, 0.15) is 24.0 Å². The molecule has 0 saturated carbocycles. The van der Waals surface area contributed by atoms with E-state index < -0.39 is 17.6 Å². The van der Waals surface area contributed by atoms with E-state index in [2.05, 4.69) is 0 Å². The molecule has 148 valence electrons. The van der Waals surface area contributed by atoms with Crippen molar-refractivity contribution in [2.75, 3.05) is 5.75 Å². The van der Waals surface area contributed by atoms with E-state index in [-0.39, 0.29) is 28.7 Å². The third kappa shape index (κ3) is 3.05. The molecule has 0 bridgehead atoms. The van der Waals surface area contributed by atoms with Crippen LogP contribution in [0.3, 0.4) is 0 Å². The zero-order chi connectivity index (χ0) is 20.1. The molecule has 2 aliphatic rings. The van der Waals surface area contributed by atoms with Crippen molar-refractivity contribution in [3.63, 3.8) is 0 Å². The summed E-state index contributed by atoms with van der Waals surface area (Å²) < 4.78 is 10.7. The Hall–Kier alpha value is -2.48. The number of rotatable bonds is 4. The zero-order valence-electron chi connectivity index (χ0n) is 15.7. The van der Waals surface area contributed by atoms with Crippen molar-refractivity contribution in [1.82, 2.24) is 4.90 Å². The van der Waals surface area contributed by atoms with Crippen LogP contribution in [-0.2, 0) is 27.4 Å². The van der Waals surface area contributed by atoms with Gasteiger partial charge in [0.15, 0.2) is 0 Å². The molecule has 2 fully saturated rings. The molecule has 1 N–H and O–H groups in total. The highest BCUT2D eigenvalue weighted by Crippen LogP contribution is 2.47. The van der Waals surface area contributed by atoms with Crippen LogP contribution in [0.2, 0.25) is 0 Å². The summed E-state index contributed by atoms with van der Waals surface area (Å²) in [7, 11) is 0. The van der Waals surface area contributed by atoms with Gasteiger partial charge in [0.2, 0.25) is 5.91 Å². The summed E-state index contributed by atoms with van der Waals surface area (Å²) in [5.74, 6) is 0.0693. The van der Waals surface area contributed by atoms with Gasteiger partial charge in [-0.3, -0.25) is 4.79 Å². The fraction of sp³-hybridized carbons (Fsp3) is 0.450. The molecule has 1 aromatic heterocycles. The van der Waals surface area contributed by atoms with Crippen molar-refractivity contribution >= 4 is 34.6 Å². The van der Waals surface area contributed by atoms with E-state index in [1.54, 1.807) is 22.7 Å². The van der Waals surface area contributed by atoms with Crippen LogP contribution in [-0.4, -0.2) is 38.5 Å². The molecule has 0 spiro atoms. The first kappa shape index (κ1) is 18.9. The number of amides is 1. The van der Waals surface area contributed by atoms with Crippen LogP contribution in [0.15, 0.2) is 27.4 Å². The molecule has 3 heterocycles. The highest BCUT2D eigenvalue weighted by atomic mass is 32.2. The van der Waals surface area contributed by atoms with Crippen molar-refractivity contribution in [3.8, 4) is 5.75 Å². The Morgan fingerprint density at radius 1 is 1.36 bits per heavy atom. The molecule has 7 nitrogen and oxygen atoms in total. The first-order chi connectivity index (χ1) is 13.3. The highest BCUT2D eigenvalue weighted by Gasteiger charge is 2.53. The lowest BCUT2D eigenvalue weighted by Gasteiger charge is -2.29. The van der Waals surface area contributed by atoms with Crippen LogP contribution in [0.25, 0.3) is 11.0 Å². The van der Waals surface area contributed by atoms with Crippen LogP contribution < -0.4 is 5.63 Å². The largest absolute Gasteiger partial charge is 0.508 e. The summed E-state index contributed by atoms with van der Waals surface area (Å²) in [4.78, 5) is 38.0. The number of carbonyl (C=O) groups excluding carboxylic acids is 2. The lowest BCUT2D eigenvalue weighted by molar-refractivity contribution is -0.154. The van der Waals surface area contributed by atoms with E-state index in [1.807, 2.05) is 13.8 Å². The SMILES string of the molecule is CCc1cc2c(COC(=O)[C@H]3CS[C@@]4(C)CCC(=O)N34)cc(=O)oc2cc1O. The third-order valence-electron chi connectivity index (χ3n) is 5.50. The predicted octanol–water partition coefficient (Wildman–Crippen LogP) is 2.56. The van der Waals surface area contributed by atoms with Gasteiger partial charge in [-0.15, -0.1) is 11.8 Å². The quantitative estimate of drug-likeness (QED) is 0.619. The molecule has 0 radical (unpaired) electrons. The van der Waals surface area contributed by atoms with Gasteiger partial charge in [-0.25, -0.2) is 9.59 Å². The van der Waals surface area contributed by atoms with Crippen molar-refractivity contribution < 1.29 is 23.8 Å². The average molecular weight is 403 g/mol. The Kier molecular flexibility index (Phi) is 4.61. The number of carbonyl (C=O) groups is 2. The summed E-state index contributed by atoms with van der Waals surface area (Å²) >= 11 is 1.60. The molecule has 2 aromatic rings. The van der Waals surface area contributed by atoms with Gasteiger partial charge in [-0.05, 0) is 31.4 Å². The number of nitrogens with zero attached hydrogens (tertiary/aromatic N) is 1. The molecule has 2 aliphatic heterocycles. The van der Waals surface area contributed by atoms with Crippen molar-refractivity contribution in [1.29, 1.82) is 0 Å². The number of esters is 1. The van der Waals surface area contributed by atoms with Crippen LogP contribution >= 0.6 is 11.8 Å². The normalized spacial score (nSPS) is 24.0. The number of hydrogen-bond acceptors (Lipinski definition) is 7. The van der Waals surface area contributed by atoms with E-state index in [9.17, 15) is 19.5 Å². The number of phenols is 1. The number of ether oxygens (including phenoxy) is 1. The second-order valence-electron chi connectivity index (χ2n) is 7.29. The number of fused-ring (bicyclic) bond motifs is 2. The minimum absolute atomic E-state index is 0.0247. The maximum atomic E-state index is 12.7. The lowest BCUT2D eigenvalue weighted by Crippen LogP contribution is -2.46. The fourth-order valence-corrected chi connectivity index (χ4v) is 5.37. The number of benzene rings is 1. The van der Waals surface area contributed by atoms with Crippen molar-refractivity contribution in [3.05, 3.63) is 39.7 Å². The van der Waals surface area contributed by atoms with Crippen molar-refractivity contribution in [2.24, 2.45) is 0 Å². The summed E-state index contributed by atoms with van der Waals surface area (Å²) in [6.07, 6.45) is 1.78.